The van der Waals surface area contributed by atoms with Gasteiger partial charge in [0.25, 0.3) is 0 Å². The number of carbonyl (C=O) groups excluding carboxylic acids is 7. The minimum Gasteiger partial charge on any atom is -0.460 e. The van der Waals surface area contributed by atoms with Crippen molar-refractivity contribution in [2.75, 3.05) is 20.6 Å². The number of esters is 1. The van der Waals surface area contributed by atoms with Crippen molar-refractivity contribution < 1.29 is 43.0 Å². The lowest BCUT2D eigenvalue weighted by atomic mass is 9.77. The molecule has 3 amide bonds. The molecule has 308 valence electrons. The van der Waals surface area contributed by atoms with Crippen LogP contribution in [0.2, 0.25) is 0 Å². The largest absolute Gasteiger partial charge is 0.460 e. The fourth-order valence-electron chi connectivity index (χ4n) is 9.08. The summed E-state index contributed by atoms with van der Waals surface area (Å²) in [6.07, 6.45) is 6.12. The van der Waals surface area contributed by atoms with Crippen molar-refractivity contribution in [3.05, 3.63) is 35.9 Å². The lowest BCUT2D eigenvalue weighted by molar-refractivity contribution is -0.160. The van der Waals surface area contributed by atoms with E-state index in [-0.39, 0.29) is 73.7 Å². The van der Waals surface area contributed by atoms with E-state index in [1.165, 1.54) is 4.90 Å². The van der Waals surface area contributed by atoms with Gasteiger partial charge >= 0.3 is 5.97 Å². The van der Waals surface area contributed by atoms with Crippen LogP contribution in [-0.4, -0.2) is 94.8 Å². The number of amides is 3. The smallest absolute Gasteiger partial charge is 0.307 e. The quantitative estimate of drug-likeness (QED) is 0.158. The summed E-state index contributed by atoms with van der Waals surface area (Å²) in [5, 5.41) is 2.72. The number of benzene rings is 1. The standard InChI is InChI=1S/C44H63N3O9/c1-43(2,3)56-37(51)24-31(28-14-10-8-11-15-28)41(53)47-26-35-32(25-44(4,5)55-35)39(47)34(49)23-30(22-27-18-19-27)40(52)33(48)20-21-36(50)45-38(42(54)46(6)7)29-16-12-9-13-17-29/h9,12-13,16-17,27-28,30-32,35,38-39H,8,10-11,14-15,18-26H2,1-7H3,(H,45,50)/t30?,31-,32-,35-,38-,39?/m0/s1. The molecule has 0 spiro atoms. The van der Waals surface area contributed by atoms with E-state index in [4.69, 9.17) is 9.47 Å². The van der Waals surface area contributed by atoms with Gasteiger partial charge in [-0.2, -0.15) is 0 Å². The molecule has 2 aliphatic carbocycles. The number of carbonyl (C=O) groups is 7. The van der Waals surface area contributed by atoms with Gasteiger partial charge in [-0.3, -0.25) is 33.6 Å². The fraction of sp³-hybridized carbons (Fsp3) is 0.705. The van der Waals surface area contributed by atoms with Gasteiger partial charge in [0.15, 0.2) is 11.6 Å². The van der Waals surface area contributed by atoms with E-state index < -0.39 is 58.6 Å². The van der Waals surface area contributed by atoms with Gasteiger partial charge in [-0.1, -0.05) is 62.4 Å². The van der Waals surface area contributed by atoms with Crippen molar-refractivity contribution in [3.63, 3.8) is 0 Å². The molecule has 6 atom stereocenters. The molecule has 12 nitrogen and oxygen atoms in total. The Morgan fingerprint density at radius 1 is 0.929 bits per heavy atom. The molecule has 56 heavy (non-hydrogen) atoms. The van der Waals surface area contributed by atoms with Gasteiger partial charge in [-0.05, 0) is 77.7 Å². The predicted molar refractivity (Wildman–Crippen MR) is 209 cm³/mol. The van der Waals surface area contributed by atoms with Gasteiger partial charge in [0.2, 0.25) is 23.5 Å². The van der Waals surface area contributed by atoms with Crippen molar-refractivity contribution in [2.45, 2.75) is 147 Å². The summed E-state index contributed by atoms with van der Waals surface area (Å²) in [6, 6.07) is 7.01. The molecule has 2 unspecified atom stereocenters. The fourth-order valence-corrected chi connectivity index (χ4v) is 9.08. The highest BCUT2D eigenvalue weighted by Gasteiger charge is 2.56. The molecule has 4 fully saturated rings. The van der Waals surface area contributed by atoms with Crippen molar-refractivity contribution in [1.82, 2.24) is 15.1 Å². The summed E-state index contributed by atoms with van der Waals surface area (Å²) < 4.78 is 12.1. The number of ether oxygens (including phenoxy) is 2. The highest BCUT2D eigenvalue weighted by molar-refractivity contribution is 6.38. The van der Waals surface area contributed by atoms with Crippen LogP contribution in [0.4, 0.5) is 0 Å². The van der Waals surface area contributed by atoms with Gasteiger partial charge in [-0.15, -0.1) is 0 Å². The molecule has 2 saturated carbocycles. The number of fused-ring (bicyclic) bond motifs is 1. The van der Waals surface area contributed by atoms with E-state index in [0.717, 1.165) is 44.9 Å². The molecule has 1 aromatic carbocycles. The zero-order chi connectivity index (χ0) is 40.9. The summed E-state index contributed by atoms with van der Waals surface area (Å²) in [7, 11) is 3.18. The van der Waals surface area contributed by atoms with Crippen molar-refractivity contribution in [3.8, 4) is 0 Å². The van der Waals surface area contributed by atoms with Crippen LogP contribution in [-0.2, 0) is 43.0 Å². The SMILES string of the molecule is CN(C)C(=O)[C@@H](NC(=O)CCC(=O)C(=O)C(CC(=O)C1[C@H]2CC(C)(C)O[C@H]2CN1C(=O)[C@@H](CC(=O)OC(C)(C)C)C1CCCCC1)CC1CC1)c1ccccc1. The Morgan fingerprint density at radius 2 is 1.59 bits per heavy atom. The number of nitrogens with zero attached hydrogens (tertiary/aromatic N) is 2. The number of nitrogens with one attached hydrogen (secondary N) is 1. The monoisotopic (exact) mass is 777 g/mol. The number of Topliss-reactive ketones (excluding diaryl/α,β-unsaturated/α-hetero) is 3. The number of hydrogen-bond donors (Lipinski definition) is 1. The van der Waals surface area contributed by atoms with Crippen LogP contribution in [0.3, 0.4) is 0 Å². The molecule has 2 saturated heterocycles. The maximum absolute atomic E-state index is 14.7. The first kappa shape index (κ1) is 43.2. The van der Waals surface area contributed by atoms with Crippen LogP contribution < -0.4 is 5.32 Å². The first-order chi connectivity index (χ1) is 26.3. The van der Waals surface area contributed by atoms with Gasteiger partial charge in [0.1, 0.15) is 11.6 Å². The predicted octanol–water partition coefficient (Wildman–Crippen LogP) is 5.55. The molecule has 1 aromatic rings. The summed E-state index contributed by atoms with van der Waals surface area (Å²) in [5.74, 6) is -4.83. The van der Waals surface area contributed by atoms with Crippen LogP contribution in [0.5, 0.6) is 0 Å². The van der Waals surface area contributed by atoms with E-state index in [1.807, 2.05) is 13.8 Å². The Hall–Kier alpha value is -3.93. The lowest BCUT2D eigenvalue weighted by Crippen LogP contribution is -2.49. The molecule has 0 bridgehead atoms. The number of likely N-dealkylation sites (N-methyl/N-ethyl adjacent to an activating group) is 1. The third-order valence-electron chi connectivity index (χ3n) is 11.9. The first-order valence-corrected chi connectivity index (χ1v) is 20.7. The Bertz CT molecular complexity index is 1620. The second-order valence-electron chi connectivity index (χ2n) is 18.5. The Kier molecular flexibility index (Phi) is 14.0. The van der Waals surface area contributed by atoms with Gasteiger partial charge in [0.05, 0.1) is 30.1 Å². The zero-order valence-electron chi connectivity index (χ0n) is 34.5. The third-order valence-corrected chi connectivity index (χ3v) is 11.9. The highest BCUT2D eigenvalue weighted by Crippen LogP contribution is 2.46. The van der Waals surface area contributed by atoms with Gasteiger partial charge < -0.3 is 24.6 Å². The van der Waals surface area contributed by atoms with E-state index in [2.05, 4.69) is 5.32 Å². The van der Waals surface area contributed by atoms with Crippen molar-refractivity contribution >= 4 is 41.0 Å². The second kappa shape index (κ2) is 18.1. The molecular weight excluding hydrogens is 714 g/mol. The zero-order valence-corrected chi connectivity index (χ0v) is 34.5. The van der Waals surface area contributed by atoms with Crippen LogP contribution in [0, 0.1) is 29.6 Å². The first-order valence-electron chi connectivity index (χ1n) is 20.7. The average molecular weight is 778 g/mol. The molecule has 0 radical (unpaired) electrons. The minimum atomic E-state index is -0.947. The van der Waals surface area contributed by atoms with E-state index >= 15 is 0 Å². The van der Waals surface area contributed by atoms with Crippen LogP contribution >= 0.6 is 0 Å². The topological polar surface area (TPSA) is 156 Å². The molecule has 0 aromatic heterocycles. The maximum atomic E-state index is 14.7. The Morgan fingerprint density at radius 3 is 2.20 bits per heavy atom. The molecule has 12 heteroatoms. The summed E-state index contributed by atoms with van der Waals surface area (Å²) in [5.41, 5.74) is -0.615. The molecule has 2 heterocycles. The minimum absolute atomic E-state index is 0.0136. The average Bonchev–Trinajstić information content (AvgIpc) is 3.82. The number of hydrogen-bond acceptors (Lipinski definition) is 9. The molecule has 1 N–H and O–H groups in total. The summed E-state index contributed by atoms with van der Waals surface area (Å²) in [4.78, 5) is 98.8. The van der Waals surface area contributed by atoms with Gasteiger partial charge in [0, 0.05) is 51.7 Å². The second-order valence-corrected chi connectivity index (χ2v) is 18.5. The van der Waals surface area contributed by atoms with Crippen LogP contribution in [0.25, 0.3) is 0 Å². The highest BCUT2D eigenvalue weighted by atomic mass is 16.6. The van der Waals surface area contributed by atoms with Crippen molar-refractivity contribution in [1.29, 1.82) is 0 Å². The third kappa shape index (κ3) is 11.3. The number of likely N-dealkylation sites (tertiary alicyclic amines) is 1. The Balaban J connectivity index is 1.31. The summed E-state index contributed by atoms with van der Waals surface area (Å²) >= 11 is 0. The number of ketones is 3. The maximum Gasteiger partial charge on any atom is 0.307 e. The summed E-state index contributed by atoms with van der Waals surface area (Å²) in [6.45, 7) is 9.56. The van der Waals surface area contributed by atoms with E-state index in [0.29, 0.717) is 18.4 Å². The molecule has 2 aliphatic heterocycles. The normalized spacial score (nSPS) is 23.7. The van der Waals surface area contributed by atoms with Gasteiger partial charge in [-0.25, -0.2) is 0 Å². The van der Waals surface area contributed by atoms with Crippen molar-refractivity contribution in [2.24, 2.45) is 29.6 Å². The molecule has 5 rings (SSSR count). The van der Waals surface area contributed by atoms with Crippen LogP contribution in [0.15, 0.2) is 30.3 Å². The Labute approximate surface area is 332 Å². The van der Waals surface area contributed by atoms with E-state index in [9.17, 15) is 33.6 Å². The molecule has 4 aliphatic rings. The number of rotatable bonds is 17. The molecular formula is C44H63N3O9. The van der Waals surface area contributed by atoms with E-state index in [1.54, 1.807) is 70.1 Å². The van der Waals surface area contributed by atoms with Crippen LogP contribution in [0.1, 0.15) is 130 Å². The lowest BCUT2D eigenvalue weighted by Gasteiger charge is -2.36.